The number of aromatic nitrogens is 1. The second-order valence-electron chi connectivity index (χ2n) is 10.2. The van der Waals surface area contributed by atoms with E-state index >= 15 is 0 Å². The number of rotatable bonds is 7. The monoisotopic (exact) mass is 431 g/mol. The molecule has 1 aliphatic heterocycles. The zero-order chi connectivity index (χ0) is 22.3. The average Bonchev–Trinajstić information content (AvgIpc) is 3.11. The van der Waals surface area contributed by atoms with E-state index in [-0.39, 0.29) is 5.97 Å². The molecule has 2 aromatic rings. The summed E-state index contributed by atoms with van der Waals surface area (Å²) < 4.78 is 25.2. The molecule has 0 radical (unpaired) electrons. The molecule has 1 aromatic carbocycles. The van der Waals surface area contributed by atoms with E-state index in [1.54, 1.807) is 6.20 Å². The topological polar surface area (TPSA) is 58.9 Å². The van der Waals surface area contributed by atoms with Gasteiger partial charge < -0.3 is 23.3 Å². The highest BCUT2D eigenvalue weighted by Crippen LogP contribution is 2.36. The van der Waals surface area contributed by atoms with Gasteiger partial charge in [-0.15, -0.1) is 0 Å². The minimum atomic E-state index is -1.15. The Balaban J connectivity index is 1.89. The molecule has 1 saturated heterocycles. The molecule has 0 saturated carbocycles. The summed E-state index contributed by atoms with van der Waals surface area (Å²) in [6.45, 7) is 16.2. The van der Waals surface area contributed by atoms with Crippen molar-refractivity contribution in [1.82, 2.24) is 4.57 Å². The van der Waals surface area contributed by atoms with Crippen LogP contribution in [-0.2, 0) is 25.5 Å². The molecule has 30 heavy (non-hydrogen) atoms. The minimum absolute atomic E-state index is 0.369. The van der Waals surface area contributed by atoms with E-state index in [4.69, 9.17) is 18.8 Å². The number of carbonyl (C=O) groups excluding carboxylic acids is 1. The first-order valence-corrected chi connectivity index (χ1v) is 14.2. The number of benzene rings is 1. The highest BCUT2D eigenvalue weighted by Gasteiger charge is 2.51. The SMILES string of the molecule is COC(=O)c1cn(COCC[Si](C)(C)C)c2ccc(B3OC(C)(C)C(C)(C)O3)cc12. The van der Waals surface area contributed by atoms with E-state index in [0.717, 1.165) is 29.0 Å². The van der Waals surface area contributed by atoms with E-state index in [9.17, 15) is 4.79 Å². The zero-order valence-corrected chi connectivity index (χ0v) is 20.5. The standard InChI is InChI=1S/C22H34BNO5Si/c1-21(2)22(3,4)29-23(28-21)16-9-10-19-17(13-16)18(20(25)26-5)14-24(19)15-27-11-12-30(6,7)8/h9-10,13-14H,11-12,15H2,1-8H3. The molecule has 0 aliphatic carbocycles. The zero-order valence-electron chi connectivity index (χ0n) is 19.5. The molecule has 2 heterocycles. The summed E-state index contributed by atoms with van der Waals surface area (Å²) in [5, 5.41) is 0.808. The van der Waals surface area contributed by atoms with Crippen molar-refractivity contribution in [2.24, 2.45) is 0 Å². The Hall–Kier alpha value is -1.61. The molecule has 0 bridgehead atoms. The lowest BCUT2D eigenvalue weighted by atomic mass is 9.78. The van der Waals surface area contributed by atoms with E-state index in [0.29, 0.717) is 12.3 Å². The molecule has 1 fully saturated rings. The normalized spacial score (nSPS) is 18.2. The van der Waals surface area contributed by atoms with E-state index in [1.165, 1.54) is 7.11 Å². The number of methoxy groups -OCH3 is 1. The van der Waals surface area contributed by atoms with Crippen molar-refractivity contribution in [3.8, 4) is 0 Å². The third-order valence-electron chi connectivity index (χ3n) is 6.06. The lowest BCUT2D eigenvalue weighted by Gasteiger charge is -2.32. The second kappa shape index (κ2) is 8.15. The van der Waals surface area contributed by atoms with Crippen molar-refractivity contribution in [1.29, 1.82) is 0 Å². The maximum Gasteiger partial charge on any atom is 0.494 e. The number of carbonyl (C=O) groups is 1. The molecule has 0 amide bonds. The van der Waals surface area contributed by atoms with E-state index < -0.39 is 26.4 Å². The molecule has 0 N–H and O–H groups in total. The maximum absolute atomic E-state index is 12.4. The quantitative estimate of drug-likeness (QED) is 0.376. The van der Waals surface area contributed by atoms with Crippen LogP contribution in [0.1, 0.15) is 38.1 Å². The van der Waals surface area contributed by atoms with Gasteiger partial charge in [-0.2, -0.15) is 0 Å². The Morgan fingerprint density at radius 2 is 1.77 bits per heavy atom. The van der Waals surface area contributed by atoms with Gasteiger partial charge >= 0.3 is 13.1 Å². The van der Waals surface area contributed by atoms with E-state index in [1.807, 2.05) is 50.5 Å². The van der Waals surface area contributed by atoms with Gasteiger partial charge in [0.2, 0.25) is 0 Å². The number of fused-ring (bicyclic) bond motifs is 1. The van der Waals surface area contributed by atoms with Crippen molar-refractivity contribution in [3.05, 3.63) is 30.0 Å². The fourth-order valence-corrected chi connectivity index (χ4v) is 4.12. The molecule has 6 nitrogen and oxygen atoms in total. The van der Waals surface area contributed by atoms with Crippen LogP contribution in [0.5, 0.6) is 0 Å². The summed E-state index contributed by atoms with van der Waals surface area (Å²) in [6.07, 6.45) is 1.80. The second-order valence-corrected chi connectivity index (χ2v) is 15.8. The predicted octanol–water partition coefficient (Wildman–Crippen LogP) is 4.04. The highest BCUT2D eigenvalue weighted by atomic mass is 28.3. The number of nitrogens with zero attached hydrogens (tertiary/aromatic N) is 1. The summed E-state index contributed by atoms with van der Waals surface area (Å²) in [5.41, 5.74) is 1.47. The lowest BCUT2D eigenvalue weighted by Crippen LogP contribution is -2.41. The summed E-state index contributed by atoms with van der Waals surface area (Å²) in [5.74, 6) is -0.369. The number of esters is 1. The molecule has 3 rings (SSSR count). The lowest BCUT2D eigenvalue weighted by molar-refractivity contribution is 0.00578. The van der Waals surface area contributed by atoms with Crippen LogP contribution < -0.4 is 5.46 Å². The first kappa shape index (κ1) is 23.1. The summed E-state index contributed by atoms with van der Waals surface area (Å²) in [7, 11) is -0.238. The fourth-order valence-electron chi connectivity index (χ4n) is 3.36. The van der Waals surface area contributed by atoms with Crippen molar-refractivity contribution in [2.75, 3.05) is 13.7 Å². The van der Waals surface area contributed by atoms with Crippen LogP contribution in [0, 0.1) is 0 Å². The van der Waals surface area contributed by atoms with Gasteiger partial charge in [0, 0.05) is 26.3 Å². The van der Waals surface area contributed by atoms with Crippen LogP contribution in [-0.4, -0.2) is 50.6 Å². The van der Waals surface area contributed by atoms with Gasteiger partial charge in [0.1, 0.15) is 6.73 Å². The molecule has 0 spiro atoms. The number of hydrogen-bond acceptors (Lipinski definition) is 5. The number of ether oxygens (including phenoxy) is 2. The van der Waals surface area contributed by atoms with Gasteiger partial charge in [0.05, 0.1) is 29.4 Å². The Bertz CT molecular complexity index is 915. The van der Waals surface area contributed by atoms with Crippen LogP contribution in [0.4, 0.5) is 0 Å². The smallest absolute Gasteiger partial charge is 0.465 e. The average molecular weight is 431 g/mol. The molecular formula is C22H34BNO5Si. The van der Waals surface area contributed by atoms with Gasteiger partial charge in [-0.1, -0.05) is 31.8 Å². The molecule has 0 unspecified atom stereocenters. The predicted molar refractivity (Wildman–Crippen MR) is 123 cm³/mol. The largest absolute Gasteiger partial charge is 0.494 e. The van der Waals surface area contributed by atoms with Gasteiger partial charge in [-0.05, 0) is 45.3 Å². The number of hydrogen-bond donors (Lipinski definition) is 0. The third kappa shape index (κ3) is 4.67. The minimum Gasteiger partial charge on any atom is -0.465 e. The highest BCUT2D eigenvalue weighted by molar-refractivity contribution is 6.76. The fraction of sp³-hybridized carbons (Fsp3) is 0.591. The molecular weight excluding hydrogens is 397 g/mol. The molecule has 8 heteroatoms. The third-order valence-corrected chi connectivity index (χ3v) is 7.77. The first-order chi connectivity index (χ1) is 13.8. The van der Waals surface area contributed by atoms with Crippen LogP contribution in [0.3, 0.4) is 0 Å². The molecule has 1 aromatic heterocycles. The van der Waals surface area contributed by atoms with Crippen molar-refractivity contribution >= 4 is 37.5 Å². The molecule has 0 atom stereocenters. The summed E-state index contributed by atoms with van der Waals surface area (Å²) in [6, 6.07) is 7.04. The Morgan fingerprint density at radius 1 is 1.13 bits per heavy atom. The van der Waals surface area contributed by atoms with Crippen LogP contribution in [0.15, 0.2) is 24.4 Å². The Labute approximate surface area is 181 Å². The van der Waals surface area contributed by atoms with Gasteiger partial charge in [0.15, 0.2) is 0 Å². The molecule has 164 valence electrons. The van der Waals surface area contributed by atoms with Gasteiger partial charge in [-0.25, -0.2) is 4.79 Å². The maximum atomic E-state index is 12.4. The van der Waals surface area contributed by atoms with Crippen LogP contribution >= 0.6 is 0 Å². The van der Waals surface area contributed by atoms with Crippen molar-refractivity contribution in [3.63, 3.8) is 0 Å². The first-order valence-electron chi connectivity index (χ1n) is 10.5. The van der Waals surface area contributed by atoms with Crippen LogP contribution in [0.25, 0.3) is 10.9 Å². The van der Waals surface area contributed by atoms with Gasteiger partial charge in [0.25, 0.3) is 0 Å². The summed E-state index contributed by atoms with van der Waals surface area (Å²) >= 11 is 0. The van der Waals surface area contributed by atoms with Crippen molar-refractivity contribution < 1.29 is 23.6 Å². The van der Waals surface area contributed by atoms with E-state index in [2.05, 4.69) is 19.6 Å². The van der Waals surface area contributed by atoms with Crippen molar-refractivity contribution in [2.45, 2.75) is 71.3 Å². The Kier molecular flexibility index (Phi) is 6.26. The summed E-state index contributed by atoms with van der Waals surface area (Å²) in [4.78, 5) is 12.4. The molecule has 1 aliphatic rings. The van der Waals surface area contributed by atoms with Crippen LogP contribution in [0.2, 0.25) is 25.7 Å². The van der Waals surface area contributed by atoms with Gasteiger partial charge in [-0.3, -0.25) is 0 Å². The Morgan fingerprint density at radius 3 is 2.33 bits per heavy atom.